The van der Waals surface area contributed by atoms with Crippen LogP contribution in [0.3, 0.4) is 0 Å². The van der Waals surface area contributed by atoms with Gasteiger partial charge in [0.2, 0.25) is 5.91 Å². The Morgan fingerprint density at radius 2 is 1.64 bits per heavy atom. The highest BCUT2D eigenvalue weighted by atomic mass is 16.5. The number of methoxy groups -OCH3 is 2. The molecule has 0 fully saturated rings. The number of nitrogens with zero attached hydrogens (tertiary/aromatic N) is 1. The summed E-state index contributed by atoms with van der Waals surface area (Å²) in [5, 5.41) is 2.09. The zero-order valence-electron chi connectivity index (χ0n) is 16.0. The maximum Gasteiger partial charge on any atom is 0.219 e. The van der Waals surface area contributed by atoms with Crippen LogP contribution in [-0.4, -0.2) is 31.6 Å². The quantitative estimate of drug-likeness (QED) is 0.815. The van der Waals surface area contributed by atoms with Gasteiger partial charge in [-0.2, -0.15) is 0 Å². The van der Waals surface area contributed by atoms with Gasteiger partial charge in [-0.15, -0.1) is 0 Å². The summed E-state index contributed by atoms with van der Waals surface area (Å²) in [5.41, 5.74) is 2.13. The summed E-state index contributed by atoms with van der Waals surface area (Å²) in [4.78, 5) is 14.3. The molecule has 1 aliphatic heterocycles. The summed E-state index contributed by atoms with van der Waals surface area (Å²) in [5.74, 6) is 1.86. The summed E-state index contributed by atoms with van der Waals surface area (Å²) < 4.78 is 11.7. The van der Waals surface area contributed by atoms with E-state index in [-0.39, 0.29) is 17.4 Å². The highest BCUT2D eigenvalue weighted by Gasteiger charge is 2.41. The third kappa shape index (κ3) is 2.74. The standard InChI is InChI=1S/C21H27NO3/c1-13(23)22-12-11-16-17(20(22)21(2,3)4)19(25-6)15-10-8-7-9-14(15)18(16)24-5/h7-10,20H,11-12H2,1-6H3. The van der Waals surface area contributed by atoms with E-state index in [0.717, 1.165) is 39.8 Å². The molecule has 1 unspecified atom stereocenters. The molecule has 1 aliphatic rings. The van der Waals surface area contributed by atoms with Crippen molar-refractivity contribution in [1.29, 1.82) is 0 Å². The van der Waals surface area contributed by atoms with Crippen LogP contribution in [0, 0.1) is 5.41 Å². The first-order chi connectivity index (χ1) is 11.8. The van der Waals surface area contributed by atoms with Crippen LogP contribution in [0.5, 0.6) is 11.5 Å². The fraction of sp³-hybridized carbons (Fsp3) is 0.476. The molecule has 0 spiro atoms. The molecule has 25 heavy (non-hydrogen) atoms. The fourth-order valence-corrected chi connectivity index (χ4v) is 4.19. The number of carbonyl (C=O) groups is 1. The summed E-state index contributed by atoms with van der Waals surface area (Å²) in [7, 11) is 3.43. The van der Waals surface area contributed by atoms with Gasteiger partial charge in [-0.3, -0.25) is 4.79 Å². The molecule has 1 heterocycles. The molecule has 0 radical (unpaired) electrons. The normalized spacial score (nSPS) is 17.4. The van der Waals surface area contributed by atoms with E-state index in [4.69, 9.17) is 9.47 Å². The first kappa shape index (κ1) is 17.6. The van der Waals surface area contributed by atoms with Gasteiger partial charge >= 0.3 is 0 Å². The van der Waals surface area contributed by atoms with Crippen LogP contribution in [0.1, 0.15) is 44.9 Å². The van der Waals surface area contributed by atoms with E-state index in [9.17, 15) is 4.79 Å². The molecule has 0 aromatic heterocycles. The van der Waals surface area contributed by atoms with Gasteiger partial charge in [0.1, 0.15) is 11.5 Å². The molecule has 0 bridgehead atoms. The van der Waals surface area contributed by atoms with Gasteiger partial charge < -0.3 is 14.4 Å². The van der Waals surface area contributed by atoms with Gasteiger partial charge in [0.05, 0.1) is 20.3 Å². The van der Waals surface area contributed by atoms with Crippen molar-refractivity contribution in [3.05, 3.63) is 35.4 Å². The van der Waals surface area contributed by atoms with E-state index in [1.54, 1.807) is 21.1 Å². The second-order valence-electron chi connectivity index (χ2n) is 7.74. The summed E-state index contributed by atoms with van der Waals surface area (Å²) in [6, 6.07) is 8.10. The Labute approximate surface area is 149 Å². The van der Waals surface area contributed by atoms with Gasteiger partial charge in [-0.1, -0.05) is 45.0 Å². The molecule has 2 aromatic rings. The van der Waals surface area contributed by atoms with E-state index < -0.39 is 0 Å². The second-order valence-corrected chi connectivity index (χ2v) is 7.74. The third-order valence-electron chi connectivity index (χ3n) is 5.08. The maximum atomic E-state index is 12.3. The average Bonchev–Trinajstić information content (AvgIpc) is 2.57. The number of ether oxygens (including phenoxy) is 2. The highest BCUT2D eigenvalue weighted by Crippen LogP contribution is 2.52. The molecule has 4 nitrogen and oxygen atoms in total. The van der Waals surface area contributed by atoms with Gasteiger partial charge in [0, 0.05) is 35.4 Å². The van der Waals surface area contributed by atoms with Gasteiger partial charge in [0.25, 0.3) is 0 Å². The molecule has 3 rings (SSSR count). The van der Waals surface area contributed by atoms with Crippen LogP contribution in [-0.2, 0) is 11.2 Å². The number of fused-ring (bicyclic) bond motifs is 2. The van der Waals surface area contributed by atoms with Crippen LogP contribution in [0.15, 0.2) is 24.3 Å². The lowest BCUT2D eigenvalue weighted by Gasteiger charge is -2.45. The van der Waals surface area contributed by atoms with Crippen molar-refractivity contribution >= 4 is 16.7 Å². The van der Waals surface area contributed by atoms with E-state index in [1.165, 1.54) is 0 Å². The lowest BCUT2D eigenvalue weighted by Crippen LogP contribution is -2.44. The predicted molar refractivity (Wildman–Crippen MR) is 100 cm³/mol. The van der Waals surface area contributed by atoms with Gasteiger partial charge in [0.15, 0.2) is 0 Å². The van der Waals surface area contributed by atoms with E-state index in [2.05, 4.69) is 32.9 Å². The zero-order chi connectivity index (χ0) is 18.4. The van der Waals surface area contributed by atoms with E-state index in [1.807, 2.05) is 17.0 Å². The molecule has 2 aromatic carbocycles. The van der Waals surface area contributed by atoms with Crippen molar-refractivity contribution in [3.63, 3.8) is 0 Å². The number of hydrogen-bond donors (Lipinski definition) is 0. The van der Waals surface area contributed by atoms with Crippen LogP contribution >= 0.6 is 0 Å². The molecule has 1 atom stereocenters. The zero-order valence-corrected chi connectivity index (χ0v) is 16.0. The Morgan fingerprint density at radius 3 is 2.12 bits per heavy atom. The van der Waals surface area contributed by atoms with Gasteiger partial charge in [-0.25, -0.2) is 0 Å². The van der Waals surface area contributed by atoms with Crippen molar-refractivity contribution in [3.8, 4) is 11.5 Å². The van der Waals surface area contributed by atoms with E-state index >= 15 is 0 Å². The molecule has 0 N–H and O–H groups in total. The average molecular weight is 341 g/mol. The number of amides is 1. The Balaban J connectivity index is 2.43. The molecule has 4 heteroatoms. The predicted octanol–water partition coefficient (Wildman–Crippen LogP) is 4.35. The maximum absolute atomic E-state index is 12.3. The lowest BCUT2D eigenvalue weighted by molar-refractivity contribution is -0.134. The van der Waals surface area contributed by atoms with Gasteiger partial charge in [-0.05, 0) is 11.8 Å². The smallest absolute Gasteiger partial charge is 0.219 e. The van der Waals surface area contributed by atoms with Crippen molar-refractivity contribution in [1.82, 2.24) is 4.90 Å². The van der Waals surface area contributed by atoms with Crippen LogP contribution in [0.25, 0.3) is 10.8 Å². The minimum absolute atomic E-state index is 0.0535. The van der Waals surface area contributed by atoms with Crippen molar-refractivity contribution in [2.75, 3.05) is 20.8 Å². The summed E-state index contributed by atoms with van der Waals surface area (Å²) in [6.07, 6.45) is 0.770. The lowest BCUT2D eigenvalue weighted by atomic mass is 9.75. The Hall–Kier alpha value is -2.23. The fourth-order valence-electron chi connectivity index (χ4n) is 4.19. The Morgan fingerprint density at radius 1 is 1.08 bits per heavy atom. The Bertz CT molecular complexity index is 820. The monoisotopic (exact) mass is 341 g/mol. The molecular weight excluding hydrogens is 314 g/mol. The molecule has 0 aliphatic carbocycles. The van der Waals surface area contributed by atoms with Crippen molar-refractivity contribution in [2.24, 2.45) is 5.41 Å². The topological polar surface area (TPSA) is 38.8 Å². The molecule has 134 valence electrons. The van der Waals surface area contributed by atoms with Crippen LogP contribution in [0.2, 0.25) is 0 Å². The van der Waals surface area contributed by atoms with Crippen LogP contribution < -0.4 is 9.47 Å². The first-order valence-corrected chi connectivity index (χ1v) is 8.74. The largest absolute Gasteiger partial charge is 0.496 e. The summed E-state index contributed by atoms with van der Waals surface area (Å²) in [6.45, 7) is 8.86. The first-order valence-electron chi connectivity index (χ1n) is 8.74. The second kappa shape index (κ2) is 6.25. The minimum atomic E-state index is -0.123. The molecule has 1 amide bonds. The third-order valence-corrected chi connectivity index (χ3v) is 5.08. The number of carbonyl (C=O) groups excluding carboxylic acids is 1. The molecule has 0 saturated carbocycles. The SMILES string of the molecule is COc1c2c(c(OC)c3ccccc13)C(C(C)(C)C)N(C(C)=O)CC2. The van der Waals surface area contributed by atoms with Crippen molar-refractivity contribution in [2.45, 2.75) is 40.2 Å². The number of benzene rings is 2. The molecular formula is C21H27NO3. The van der Waals surface area contributed by atoms with Crippen molar-refractivity contribution < 1.29 is 14.3 Å². The van der Waals surface area contributed by atoms with Crippen LogP contribution in [0.4, 0.5) is 0 Å². The minimum Gasteiger partial charge on any atom is -0.496 e. The summed E-state index contributed by atoms with van der Waals surface area (Å²) >= 11 is 0. The Kier molecular flexibility index (Phi) is 4.40. The number of hydrogen-bond acceptors (Lipinski definition) is 3. The molecule has 0 saturated heterocycles. The highest BCUT2D eigenvalue weighted by molar-refractivity contribution is 5.96. The number of rotatable bonds is 2. The van der Waals surface area contributed by atoms with E-state index in [0.29, 0.717) is 6.54 Å².